The van der Waals surface area contributed by atoms with E-state index in [1.165, 1.54) is 6.08 Å². The molecule has 0 saturated carbocycles. The number of methoxy groups -OCH3 is 1. The van der Waals surface area contributed by atoms with Gasteiger partial charge in [0.1, 0.15) is 11.5 Å². The van der Waals surface area contributed by atoms with E-state index in [9.17, 15) is 4.79 Å². The minimum absolute atomic E-state index is 0.272. The first-order valence-electron chi connectivity index (χ1n) is 7.02. The number of ether oxygens (including phenoxy) is 3. The Morgan fingerprint density at radius 3 is 3.05 bits per heavy atom. The third kappa shape index (κ3) is 4.79. The maximum absolute atomic E-state index is 10.6. The average molecular weight is 292 g/mol. The summed E-state index contributed by atoms with van der Waals surface area (Å²) in [7, 11) is 1.58. The van der Waals surface area contributed by atoms with Gasteiger partial charge in [0.05, 0.1) is 19.8 Å². The van der Waals surface area contributed by atoms with Crippen molar-refractivity contribution in [2.45, 2.75) is 25.4 Å². The third-order valence-electron chi connectivity index (χ3n) is 3.35. The lowest BCUT2D eigenvalue weighted by atomic mass is 10.1. The first-order valence-corrected chi connectivity index (χ1v) is 7.02. The Labute approximate surface area is 124 Å². The Balaban J connectivity index is 2.01. The number of rotatable bonds is 7. The van der Waals surface area contributed by atoms with E-state index in [0.717, 1.165) is 31.9 Å². The van der Waals surface area contributed by atoms with Gasteiger partial charge in [0.15, 0.2) is 0 Å². The maximum atomic E-state index is 10.6. The van der Waals surface area contributed by atoms with Crippen LogP contribution < -0.4 is 9.47 Å². The second-order valence-corrected chi connectivity index (χ2v) is 4.85. The highest BCUT2D eigenvalue weighted by Crippen LogP contribution is 2.26. The molecule has 21 heavy (non-hydrogen) atoms. The molecule has 5 nitrogen and oxygen atoms in total. The highest BCUT2D eigenvalue weighted by molar-refractivity contribution is 5.86. The van der Waals surface area contributed by atoms with Crippen LogP contribution in [0.15, 0.2) is 24.3 Å². The van der Waals surface area contributed by atoms with Gasteiger partial charge in [-0.25, -0.2) is 4.79 Å². The van der Waals surface area contributed by atoms with Crippen LogP contribution in [0.1, 0.15) is 24.8 Å². The zero-order chi connectivity index (χ0) is 15.1. The number of benzene rings is 1. The van der Waals surface area contributed by atoms with Gasteiger partial charge in [0, 0.05) is 30.7 Å². The molecule has 1 fully saturated rings. The fourth-order valence-electron chi connectivity index (χ4n) is 2.24. The monoisotopic (exact) mass is 292 g/mol. The van der Waals surface area contributed by atoms with Crippen LogP contribution in [-0.2, 0) is 9.53 Å². The van der Waals surface area contributed by atoms with Gasteiger partial charge in [-0.1, -0.05) is 0 Å². The molecule has 0 radical (unpaired) electrons. The van der Waals surface area contributed by atoms with Gasteiger partial charge in [0.2, 0.25) is 0 Å². The molecule has 1 aromatic rings. The van der Waals surface area contributed by atoms with Crippen LogP contribution in [0.25, 0.3) is 6.08 Å². The van der Waals surface area contributed by atoms with Crippen LogP contribution in [0.5, 0.6) is 11.5 Å². The summed E-state index contributed by atoms with van der Waals surface area (Å²) in [4.78, 5) is 10.6. The molecule has 1 aliphatic heterocycles. The number of carboxylic acids is 1. The predicted molar refractivity (Wildman–Crippen MR) is 78.7 cm³/mol. The van der Waals surface area contributed by atoms with Gasteiger partial charge in [-0.05, 0) is 31.1 Å². The molecule has 1 aromatic carbocycles. The molecule has 0 aliphatic carbocycles. The van der Waals surface area contributed by atoms with Gasteiger partial charge < -0.3 is 19.3 Å². The van der Waals surface area contributed by atoms with Crippen LogP contribution in [0.2, 0.25) is 0 Å². The fourth-order valence-corrected chi connectivity index (χ4v) is 2.24. The average Bonchev–Trinajstić information content (AvgIpc) is 2.99. The van der Waals surface area contributed by atoms with E-state index in [1.807, 2.05) is 0 Å². The molecule has 1 saturated heterocycles. The Morgan fingerprint density at radius 2 is 2.38 bits per heavy atom. The van der Waals surface area contributed by atoms with Crippen molar-refractivity contribution in [1.82, 2.24) is 0 Å². The molecular formula is C16H20O5. The second kappa shape index (κ2) is 7.69. The summed E-state index contributed by atoms with van der Waals surface area (Å²) < 4.78 is 16.5. The molecular weight excluding hydrogens is 272 g/mol. The van der Waals surface area contributed by atoms with E-state index < -0.39 is 5.97 Å². The van der Waals surface area contributed by atoms with Crippen molar-refractivity contribution in [1.29, 1.82) is 0 Å². The smallest absolute Gasteiger partial charge is 0.328 e. The van der Waals surface area contributed by atoms with Crippen LogP contribution in [0.4, 0.5) is 0 Å². The highest BCUT2D eigenvalue weighted by Gasteiger charge is 2.15. The third-order valence-corrected chi connectivity index (χ3v) is 3.35. The molecule has 5 heteroatoms. The predicted octanol–water partition coefficient (Wildman–Crippen LogP) is 2.74. The molecule has 0 bridgehead atoms. The minimum Gasteiger partial charge on any atom is -0.497 e. The zero-order valence-corrected chi connectivity index (χ0v) is 12.1. The van der Waals surface area contributed by atoms with Crippen molar-refractivity contribution in [3.63, 3.8) is 0 Å². The summed E-state index contributed by atoms with van der Waals surface area (Å²) in [5.74, 6) is 0.301. The topological polar surface area (TPSA) is 65.0 Å². The largest absolute Gasteiger partial charge is 0.497 e. The number of carboxylic acid groups (broad SMARTS) is 1. The lowest BCUT2D eigenvalue weighted by Gasteiger charge is -2.13. The van der Waals surface area contributed by atoms with Gasteiger partial charge in [0.25, 0.3) is 0 Å². The Hall–Kier alpha value is -2.01. The molecule has 1 atom stereocenters. The molecule has 114 valence electrons. The summed E-state index contributed by atoms with van der Waals surface area (Å²) >= 11 is 0. The molecule has 1 unspecified atom stereocenters. The van der Waals surface area contributed by atoms with Gasteiger partial charge >= 0.3 is 5.97 Å². The number of hydrogen-bond donors (Lipinski definition) is 1. The fraction of sp³-hybridized carbons (Fsp3) is 0.438. The van der Waals surface area contributed by atoms with E-state index in [4.69, 9.17) is 19.3 Å². The number of hydrogen-bond acceptors (Lipinski definition) is 4. The van der Waals surface area contributed by atoms with Crippen LogP contribution in [-0.4, -0.2) is 37.5 Å². The maximum Gasteiger partial charge on any atom is 0.328 e. The molecule has 1 heterocycles. The van der Waals surface area contributed by atoms with Crippen molar-refractivity contribution in [2.75, 3.05) is 20.3 Å². The molecule has 0 amide bonds. The quantitative estimate of drug-likeness (QED) is 0.783. The Kier molecular flexibility index (Phi) is 5.63. The normalized spacial score (nSPS) is 18.0. The van der Waals surface area contributed by atoms with Gasteiger partial charge in [-0.3, -0.25) is 0 Å². The standard InChI is InChI=1S/C16H20O5/c1-19-14-6-4-12(5-7-16(17)18)15(11-14)21-10-8-13-3-2-9-20-13/h4-7,11,13H,2-3,8-10H2,1H3,(H,17,18). The molecule has 0 aromatic heterocycles. The Morgan fingerprint density at radius 1 is 1.52 bits per heavy atom. The molecule has 1 aliphatic rings. The summed E-state index contributed by atoms with van der Waals surface area (Å²) in [5.41, 5.74) is 0.713. The first kappa shape index (κ1) is 15.4. The second-order valence-electron chi connectivity index (χ2n) is 4.85. The summed E-state index contributed by atoms with van der Waals surface area (Å²) in [6.07, 6.45) is 5.90. The first-order chi connectivity index (χ1) is 10.2. The minimum atomic E-state index is -0.990. The number of aliphatic carboxylic acids is 1. The highest BCUT2D eigenvalue weighted by atomic mass is 16.5. The Bertz CT molecular complexity index is 503. The summed E-state index contributed by atoms with van der Waals surface area (Å²) in [6, 6.07) is 5.31. The van der Waals surface area contributed by atoms with Crippen molar-refractivity contribution < 1.29 is 24.1 Å². The lowest BCUT2D eigenvalue weighted by molar-refractivity contribution is -0.131. The van der Waals surface area contributed by atoms with E-state index >= 15 is 0 Å². The molecule has 1 N–H and O–H groups in total. The molecule has 0 spiro atoms. The van der Waals surface area contributed by atoms with Crippen molar-refractivity contribution in [2.24, 2.45) is 0 Å². The van der Waals surface area contributed by atoms with Crippen LogP contribution in [0.3, 0.4) is 0 Å². The van der Waals surface area contributed by atoms with Gasteiger partial charge in [-0.15, -0.1) is 0 Å². The SMILES string of the molecule is COc1ccc(C=CC(=O)O)c(OCCC2CCCO2)c1. The van der Waals surface area contributed by atoms with Crippen molar-refractivity contribution >= 4 is 12.0 Å². The summed E-state index contributed by atoms with van der Waals surface area (Å²) in [6.45, 7) is 1.36. The molecule has 2 rings (SSSR count). The van der Waals surface area contributed by atoms with E-state index in [-0.39, 0.29) is 6.10 Å². The van der Waals surface area contributed by atoms with Crippen LogP contribution >= 0.6 is 0 Å². The lowest BCUT2D eigenvalue weighted by Crippen LogP contribution is -2.11. The van der Waals surface area contributed by atoms with E-state index in [2.05, 4.69) is 0 Å². The zero-order valence-electron chi connectivity index (χ0n) is 12.1. The van der Waals surface area contributed by atoms with Crippen LogP contribution in [0, 0.1) is 0 Å². The van der Waals surface area contributed by atoms with E-state index in [0.29, 0.717) is 23.7 Å². The van der Waals surface area contributed by atoms with Gasteiger partial charge in [-0.2, -0.15) is 0 Å². The van der Waals surface area contributed by atoms with E-state index in [1.54, 1.807) is 25.3 Å². The van der Waals surface area contributed by atoms with Crippen molar-refractivity contribution in [3.05, 3.63) is 29.8 Å². The summed E-state index contributed by atoms with van der Waals surface area (Å²) in [5, 5.41) is 8.72. The number of carbonyl (C=O) groups is 1. The van der Waals surface area contributed by atoms with Crippen molar-refractivity contribution in [3.8, 4) is 11.5 Å².